The molecule has 1 aromatic rings. The normalized spacial score (nSPS) is 14.4. The molecule has 0 saturated heterocycles. The van der Waals surface area contributed by atoms with Gasteiger partial charge in [0.2, 0.25) is 0 Å². The van der Waals surface area contributed by atoms with E-state index in [1.165, 1.54) is 0 Å². The predicted octanol–water partition coefficient (Wildman–Crippen LogP) is 3.05. The van der Waals surface area contributed by atoms with Crippen LogP contribution < -0.4 is 10.6 Å². The Hall–Kier alpha value is -0.200. The minimum Gasteiger partial charge on any atom is -0.356 e. The van der Waals surface area contributed by atoms with Crippen LogP contribution in [0, 0.1) is 0 Å². The first-order valence-corrected chi connectivity index (χ1v) is 5.97. The molecule has 0 atom stereocenters. The number of nitrogens with one attached hydrogen (secondary N) is 2. The van der Waals surface area contributed by atoms with Gasteiger partial charge in [0.15, 0.2) is 5.96 Å². The second-order valence-corrected chi connectivity index (χ2v) is 4.44. The van der Waals surface area contributed by atoms with E-state index >= 15 is 0 Å². The summed E-state index contributed by atoms with van der Waals surface area (Å²) >= 11 is 11.9. The van der Waals surface area contributed by atoms with Crippen LogP contribution >= 0.6 is 47.2 Å². The highest BCUT2D eigenvalue weighted by atomic mass is 127. The first-order valence-electron chi connectivity index (χ1n) is 5.22. The molecule has 0 unspecified atom stereocenters. The molecular weight excluding hydrogens is 372 g/mol. The van der Waals surface area contributed by atoms with Crippen molar-refractivity contribution < 1.29 is 0 Å². The molecule has 0 bridgehead atoms. The smallest absolute Gasteiger partial charge is 0.191 e. The lowest BCUT2D eigenvalue weighted by molar-refractivity contribution is 0.702. The second-order valence-electron chi connectivity index (χ2n) is 3.60. The van der Waals surface area contributed by atoms with Crippen LogP contribution in [0.4, 0.5) is 0 Å². The molecule has 94 valence electrons. The van der Waals surface area contributed by atoms with Crippen LogP contribution in [-0.4, -0.2) is 19.0 Å². The van der Waals surface area contributed by atoms with Crippen molar-refractivity contribution in [1.29, 1.82) is 0 Å². The molecular formula is C11H14Cl2IN3. The summed E-state index contributed by atoms with van der Waals surface area (Å²) in [4.78, 5) is 4.32. The van der Waals surface area contributed by atoms with E-state index in [0.717, 1.165) is 31.0 Å². The van der Waals surface area contributed by atoms with Crippen LogP contribution in [0.1, 0.15) is 12.0 Å². The number of benzene rings is 1. The zero-order valence-electron chi connectivity index (χ0n) is 9.17. The Kier molecular flexibility index (Phi) is 6.37. The summed E-state index contributed by atoms with van der Waals surface area (Å²) in [5.74, 6) is 0.845. The lowest BCUT2D eigenvalue weighted by atomic mass is 10.2. The highest BCUT2D eigenvalue weighted by Crippen LogP contribution is 2.20. The second kappa shape index (κ2) is 7.28. The van der Waals surface area contributed by atoms with Crippen molar-refractivity contribution in [2.75, 3.05) is 13.1 Å². The lowest BCUT2D eigenvalue weighted by Gasteiger charge is -2.16. The minimum atomic E-state index is 0. The van der Waals surface area contributed by atoms with E-state index in [1.807, 2.05) is 12.1 Å². The molecule has 1 aliphatic heterocycles. The number of rotatable bonds is 2. The van der Waals surface area contributed by atoms with Gasteiger partial charge in [-0.2, -0.15) is 0 Å². The molecule has 17 heavy (non-hydrogen) atoms. The molecule has 0 aromatic heterocycles. The fourth-order valence-electron chi connectivity index (χ4n) is 1.50. The quantitative estimate of drug-likeness (QED) is 0.767. The molecule has 2 N–H and O–H groups in total. The van der Waals surface area contributed by atoms with Gasteiger partial charge in [-0.3, -0.25) is 4.99 Å². The molecule has 1 aromatic carbocycles. The van der Waals surface area contributed by atoms with Gasteiger partial charge in [0, 0.05) is 29.7 Å². The van der Waals surface area contributed by atoms with Crippen molar-refractivity contribution in [3.63, 3.8) is 0 Å². The number of nitrogens with zero attached hydrogens (tertiary/aromatic N) is 1. The van der Waals surface area contributed by atoms with Crippen molar-refractivity contribution in [1.82, 2.24) is 10.6 Å². The van der Waals surface area contributed by atoms with E-state index in [0.29, 0.717) is 16.6 Å². The van der Waals surface area contributed by atoms with Gasteiger partial charge in [0.25, 0.3) is 0 Å². The van der Waals surface area contributed by atoms with E-state index in [9.17, 15) is 0 Å². The Balaban J connectivity index is 0.00000144. The molecule has 0 saturated carbocycles. The van der Waals surface area contributed by atoms with Gasteiger partial charge in [0.05, 0.1) is 0 Å². The average Bonchev–Trinajstić information content (AvgIpc) is 2.29. The molecule has 1 aliphatic rings. The van der Waals surface area contributed by atoms with Gasteiger partial charge in [-0.1, -0.05) is 29.3 Å². The molecule has 0 radical (unpaired) electrons. The molecule has 0 spiro atoms. The maximum absolute atomic E-state index is 6.06. The van der Waals surface area contributed by atoms with Crippen LogP contribution in [0.5, 0.6) is 0 Å². The van der Waals surface area contributed by atoms with E-state index in [4.69, 9.17) is 23.2 Å². The van der Waals surface area contributed by atoms with Gasteiger partial charge >= 0.3 is 0 Å². The van der Waals surface area contributed by atoms with Gasteiger partial charge in [0.1, 0.15) is 0 Å². The molecule has 2 rings (SSSR count). The van der Waals surface area contributed by atoms with Gasteiger partial charge in [-0.25, -0.2) is 0 Å². The highest BCUT2D eigenvalue weighted by Gasteiger charge is 2.05. The lowest BCUT2D eigenvalue weighted by Crippen LogP contribution is -2.40. The van der Waals surface area contributed by atoms with Crippen LogP contribution in [0.2, 0.25) is 10.0 Å². The summed E-state index contributed by atoms with van der Waals surface area (Å²) in [5.41, 5.74) is 1.01. The number of hydrogen-bond donors (Lipinski definition) is 2. The monoisotopic (exact) mass is 385 g/mol. The third-order valence-electron chi connectivity index (χ3n) is 2.36. The molecule has 0 fully saturated rings. The summed E-state index contributed by atoms with van der Waals surface area (Å²) in [6, 6.07) is 5.50. The van der Waals surface area contributed by atoms with E-state index in [2.05, 4.69) is 15.6 Å². The number of halogens is 3. The van der Waals surface area contributed by atoms with Crippen molar-refractivity contribution >= 4 is 53.1 Å². The maximum atomic E-state index is 6.06. The first kappa shape index (κ1) is 14.9. The molecule has 0 amide bonds. The summed E-state index contributed by atoms with van der Waals surface area (Å²) in [7, 11) is 0. The van der Waals surface area contributed by atoms with Crippen molar-refractivity contribution in [2.24, 2.45) is 4.99 Å². The number of hydrogen-bond acceptors (Lipinski definition) is 3. The van der Waals surface area contributed by atoms with Crippen LogP contribution in [-0.2, 0) is 6.54 Å². The van der Waals surface area contributed by atoms with Crippen molar-refractivity contribution in [3.8, 4) is 0 Å². The zero-order valence-corrected chi connectivity index (χ0v) is 13.0. The molecule has 6 heteroatoms. The highest BCUT2D eigenvalue weighted by molar-refractivity contribution is 14.0. The van der Waals surface area contributed by atoms with Gasteiger partial charge in [-0.05, 0) is 24.1 Å². The SMILES string of the molecule is Clc1ccc(CNC2=NCCCN2)c(Cl)c1.I. The van der Waals surface area contributed by atoms with Crippen molar-refractivity contribution in [3.05, 3.63) is 33.8 Å². The van der Waals surface area contributed by atoms with Gasteiger partial charge < -0.3 is 10.6 Å². The number of guanidine groups is 1. The summed E-state index contributed by atoms with van der Waals surface area (Å²) in [5, 5.41) is 7.73. The molecule has 3 nitrogen and oxygen atoms in total. The first-order chi connectivity index (χ1) is 7.75. The average molecular weight is 386 g/mol. The van der Waals surface area contributed by atoms with Gasteiger partial charge in [-0.15, -0.1) is 24.0 Å². The molecule has 0 aliphatic carbocycles. The van der Waals surface area contributed by atoms with Crippen LogP contribution in [0.25, 0.3) is 0 Å². The zero-order chi connectivity index (χ0) is 11.4. The standard InChI is InChI=1S/C11H13Cl2N3.HI/c12-9-3-2-8(10(13)6-9)7-16-11-14-4-1-5-15-11;/h2-3,6H,1,4-5,7H2,(H2,14,15,16);1H. The fourth-order valence-corrected chi connectivity index (χ4v) is 1.97. The Morgan fingerprint density at radius 3 is 2.82 bits per heavy atom. The predicted molar refractivity (Wildman–Crippen MR) is 83.6 cm³/mol. The summed E-state index contributed by atoms with van der Waals surface area (Å²) < 4.78 is 0. The maximum Gasteiger partial charge on any atom is 0.191 e. The van der Waals surface area contributed by atoms with E-state index in [-0.39, 0.29) is 24.0 Å². The van der Waals surface area contributed by atoms with E-state index in [1.54, 1.807) is 6.07 Å². The summed E-state index contributed by atoms with van der Waals surface area (Å²) in [6.45, 7) is 2.51. The largest absolute Gasteiger partial charge is 0.356 e. The van der Waals surface area contributed by atoms with Crippen LogP contribution in [0.3, 0.4) is 0 Å². The van der Waals surface area contributed by atoms with E-state index < -0.39 is 0 Å². The third kappa shape index (κ3) is 4.52. The van der Waals surface area contributed by atoms with Crippen LogP contribution in [0.15, 0.2) is 23.2 Å². The third-order valence-corrected chi connectivity index (χ3v) is 2.95. The fraction of sp³-hybridized carbons (Fsp3) is 0.364. The summed E-state index contributed by atoms with van der Waals surface area (Å²) in [6.07, 6.45) is 1.09. The Morgan fingerprint density at radius 2 is 2.18 bits per heavy atom. The van der Waals surface area contributed by atoms with Crippen molar-refractivity contribution in [2.45, 2.75) is 13.0 Å². The Bertz CT molecular complexity index is 410. The minimum absolute atomic E-state index is 0. The Labute approximate surface area is 128 Å². The number of aliphatic imine (C=N–C) groups is 1. The Morgan fingerprint density at radius 1 is 1.35 bits per heavy atom. The molecule has 1 heterocycles. The topological polar surface area (TPSA) is 36.4 Å².